The zero-order valence-corrected chi connectivity index (χ0v) is 11.9. The number of hydrogen-bond acceptors (Lipinski definition) is 3. The molecule has 2 rings (SSSR count). The molecule has 2 aliphatic rings. The summed E-state index contributed by atoms with van der Waals surface area (Å²) in [5, 5.41) is 2.95. The van der Waals surface area contributed by atoms with Gasteiger partial charge in [0.2, 0.25) is 0 Å². The van der Waals surface area contributed by atoms with E-state index in [0.29, 0.717) is 12.5 Å². The molecule has 0 radical (unpaired) electrons. The van der Waals surface area contributed by atoms with Crippen LogP contribution in [0.25, 0.3) is 0 Å². The normalized spacial score (nSPS) is 35.2. The Morgan fingerprint density at radius 2 is 2.22 bits per heavy atom. The predicted molar refractivity (Wildman–Crippen MR) is 71.6 cm³/mol. The van der Waals surface area contributed by atoms with E-state index in [9.17, 15) is 4.79 Å². The van der Waals surface area contributed by atoms with Crippen molar-refractivity contribution in [1.82, 2.24) is 5.32 Å². The first-order valence-electron chi connectivity index (χ1n) is 6.95. The van der Waals surface area contributed by atoms with Crippen LogP contribution >= 0.6 is 0 Å². The van der Waals surface area contributed by atoms with Gasteiger partial charge in [0.1, 0.15) is 17.0 Å². The summed E-state index contributed by atoms with van der Waals surface area (Å²) < 4.78 is 6.02. The summed E-state index contributed by atoms with van der Waals surface area (Å²) in [5.41, 5.74) is -1.02. The Morgan fingerprint density at radius 3 is 2.72 bits per heavy atom. The second-order valence-corrected chi connectivity index (χ2v) is 6.10. The zero-order chi connectivity index (χ0) is 13.4. The van der Waals surface area contributed by atoms with Crippen molar-refractivity contribution in [3.05, 3.63) is 0 Å². The number of amidine groups is 1. The van der Waals surface area contributed by atoms with Crippen LogP contribution in [0.1, 0.15) is 53.4 Å². The first-order valence-corrected chi connectivity index (χ1v) is 6.95. The summed E-state index contributed by atoms with van der Waals surface area (Å²) in [4.78, 5) is 16.5. The third-order valence-corrected chi connectivity index (χ3v) is 3.99. The number of aliphatic imine (C=N–C) groups is 1. The molecule has 2 unspecified atom stereocenters. The highest BCUT2D eigenvalue weighted by Crippen LogP contribution is 2.37. The van der Waals surface area contributed by atoms with Crippen LogP contribution in [0, 0.1) is 5.92 Å². The summed E-state index contributed by atoms with van der Waals surface area (Å²) >= 11 is 0. The highest BCUT2D eigenvalue weighted by molar-refractivity contribution is 6.11. The van der Waals surface area contributed by atoms with Crippen molar-refractivity contribution in [2.45, 2.75) is 64.5 Å². The van der Waals surface area contributed by atoms with Crippen molar-refractivity contribution in [2.75, 3.05) is 6.61 Å². The van der Waals surface area contributed by atoms with E-state index in [1.807, 2.05) is 20.8 Å². The van der Waals surface area contributed by atoms with Crippen molar-refractivity contribution in [2.24, 2.45) is 10.9 Å². The molecule has 1 aliphatic heterocycles. The number of nitrogens with one attached hydrogen (secondary N) is 1. The number of ether oxygens (including phenoxy) is 1. The van der Waals surface area contributed by atoms with Crippen LogP contribution in [0.3, 0.4) is 0 Å². The van der Waals surface area contributed by atoms with E-state index in [4.69, 9.17) is 4.74 Å². The third kappa shape index (κ3) is 2.30. The summed E-state index contributed by atoms with van der Waals surface area (Å²) in [5.74, 6) is 1.36. The standard InChI is InChI=1S/C14H24N2O2/c1-5-18-14(8-6-7-10(2)9-14)11-15-12(17)13(3,4)16-11/h10H,5-9H2,1-4H3,(H,15,16,17). The van der Waals surface area contributed by atoms with E-state index in [1.165, 1.54) is 6.42 Å². The first-order chi connectivity index (χ1) is 8.39. The molecule has 0 bridgehead atoms. The number of carbonyl (C=O) groups is 1. The van der Waals surface area contributed by atoms with E-state index < -0.39 is 5.54 Å². The third-order valence-electron chi connectivity index (χ3n) is 3.99. The van der Waals surface area contributed by atoms with Crippen LogP contribution in [-0.2, 0) is 9.53 Å². The Labute approximate surface area is 109 Å². The predicted octanol–water partition coefficient (Wildman–Crippen LogP) is 2.28. The maximum absolute atomic E-state index is 11.9. The molecule has 1 heterocycles. The molecular formula is C14H24N2O2. The van der Waals surface area contributed by atoms with Gasteiger partial charge in [-0.25, -0.2) is 0 Å². The maximum atomic E-state index is 11.9. The molecule has 4 nitrogen and oxygen atoms in total. The largest absolute Gasteiger partial charge is 0.367 e. The topological polar surface area (TPSA) is 50.7 Å². The summed E-state index contributed by atoms with van der Waals surface area (Å²) in [6.45, 7) is 8.60. The van der Waals surface area contributed by atoms with Crippen molar-refractivity contribution in [3.63, 3.8) is 0 Å². The van der Waals surface area contributed by atoms with E-state index in [0.717, 1.165) is 25.1 Å². The monoisotopic (exact) mass is 252 g/mol. The van der Waals surface area contributed by atoms with Crippen LogP contribution < -0.4 is 5.32 Å². The lowest BCUT2D eigenvalue weighted by Gasteiger charge is -2.39. The van der Waals surface area contributed by atoms with E-state index >= 15 is 0 Å². The molecule has 1 N–H and O–H groups in total. The Morgan fingerprint density at radius 1 is 1.50 bits per heavy atom. The molecule has 102 valence electrons. The number of rotatable bonds is 3. The van der Waals surface area contributed by atoms with Gasteiger partial charge in [-0.1, -0.05) is 13.3 Å². The molecule has 2 atom stereocenters. The van der Waals surface area contributed by atoms with E-state index in [1.54, 1.807) is 0 Å². The number of carbonyl (C=O) groups excluding carboxylic acids is 1. The van der Waals surface area contributed by atoms with Crippen LogP contribution in [0.15, 0.2) is 4.99 Å². The van der Waals surface area contributed by atoms with Crippen molar-refractivity contribution in [1.29, 1.82) is 0 Å². The summed E-state index contributed by atoms with van der Waals surface area (Å²) in [6.07, 6.45) is 4.28. The van der Waals surface area contributed by atoms with E-state index in [-0.39, 0.29) is 11.5 Å². The molecule has 4 heteroatoms. The van der Waals surface area contributed by atoms with Crippen molar-refractivity contribution >= 4 is 11.7 Å². The molecule has 18 heavy (non-hydrogen) atoms. The Balaban J connectivity index is 2.28. The van der Waals surface area contributed by atoms with Crippen LogP contribution in [0.2, 0.25) is 0 Å². The fraction of sp³-hybridized carbons (Fsp3) is 0.857. The van der Waals surface area contributed by atoms with Gasteiger partial charge in [-0.2, -0.15) is 0 Å². The van der Waals surface area contributed by atoms with Crippen molar-refractivity contribution < 1.29 is 9.53 Å². The van der Waals surface area contributed by atoms with Gasteiger partial charge in [-0.05, 0) is 46.0 Å². The highest BCUT2D eigenvalue weighted by Gasteiger charge is 2.47. The van der Waals surface area contributed by atoms with Crippen molar-refractivity contribution in [3.8, 4) is 0 Å². The summed E-state index contributed by atoms with van der Waals surface area (Å²) in [7, 11) is 0. The Hall–Kier alpha value is -0.900. The minimum atomic E-state index is -0.653. The van der Waals surface area contributed by atoms with Crippen LogP contribution in [0.4, 0.5) is 0 Å². The smallest absolute Gasteiger partial charge is 0.252 e. The summed E-state index contributed by atoms with van der Waals surface area (Å²) in [6, 6.07) is 0. The zero-order valence-electron chi connectivity index (χ0n) is 11.9. The number of nitrogens with zero attached hydrogens (tertiary/aromatic N) is 1. The average Bonchev–Trinajstić information content (AvgIpc) is 2.54. The second kappa shape index (κ2) is 4.65. The fourth-order valence-electron chi connectivity index (χ4n) is 3.03. The average molecular weight is 252 g/mol. The molecule has 0 saturated heterocycles. The number of amides is 1. The highest BCUT2D eigenvalue weighted by atomic mass is 16.5. The molecule has 1 amide bonds. The molecule has 1 aliphatic carbocycles. The first kappa shape index (κ1) is 13.5. The molecule has 1 fully saturated rings. The minimum Gasteiger partial charge on any atom is -0.367 e. The van der Waals surface area contributed by atoms with Gasteiger partial charge >= 0.3 is 0 Å². The Kier molecular flexibility index (Phi) is 3.49. The molecule has 1 saturated carbocycles. The molecule has 0 aromatic heterocycles. The lowest BCUT2D eigenvalue weighted by molar-refractivity contribution is -0.122. The second-order valence-electron chi connectivity index (χ2n) is 6.10. The SMILES string of the molecule is CCOC1(C2=NC(C)(C)C(=O)N2)CCCC(C)C1. The van der Waals surface area contributed by atoms with Gasteiger partial charge in [0.05, 0.1) is 0 Å². The quantitative estimate of drug-likeness (QED) is 0.837. The lowest BCUT2D eigenvalue weighted by atomic mass is 9.78. The van der Waals surface area contributed by atoms with Gasteiger partial charge in [0, 0.05) is 6.61 Å². The minimum absolute atomic E-state index is 0.0187. The van der Waals surface area contributed by atoms with Gasteiger partial charge in [-0.3, -0.25) is 9.79 Å². The molecule has 0 spiro atoms. The lowest BCUT2D eigenvalue weighted by Crippen LogP contribution is -2.51. The van der Waals surface area contributed by atoms with Crippen LogP contribution in [0.5, 0.6) is 0 Å². The van der Waals surface area contributed by atoms with Crippen LogP contribution in [-0.4, -0.2) is 29.5 Å². The molecular weight excluding hydrogens is 228 g/mol. The Bertz CT molecular complexity index is 372. The molecule has 0 aromatic carbocycles. The molecule has 0 aromatic rings. The van der Waals surface area contributed by atoms with Gasteiger partial charge in [-0.15, -0.1) is 0 Å². The maximum Gasteiger partial charge on any atom is 0.252 e. The van der Waals surface area contributed by atoms with Gasteiger partial charge < -0.3 is 10.1 Å². The van der Waals surface area contributed by atoms with E-state index in [2.05, 4.69) is 17.2 Å². The van der Waals surface area contributed by atoms with Gasteiger partial charge in [0.15, 0.2) is 0 Å². The van der Waals surface area contributed by atoms with Gasteiger partial charge in [0.25, 0.3) is 5.91 Å². The number of hydrogen-bond donors (Lipinski definition) is 1. The fourth-order valence-corrected chi connectivity index (χ4v) is 3.03.